The fourth-order valence-corrected chi connectivity index (χ4v) is 1.78. The second-order valence-electron chi connectivity index (χ2n) is 4.71. The Morgan fingerprint density at radius 2 is 1.75 bits per heavy atom. The lowest BCUT2D eigenvalue weighted by Crippen LogP contribution is -1.95. The molecule has 0 fully saturated rings. The zero-order chi connectivity index (χ0) is 14.7. The lowest BCUT2D eigenvalue weighted by Gasteiger charge is -2.11. The van der Waals surface area contributed by atoms with E-state index in [2.05, 4.69) is 0 Å². The lowest BCUT2D eigenvalue weighted by molar-refractivity contribution is 0.406. The number of hydrogen-bond acceptors (Lipinski definition) is 2. The van der Waals surface area contributed by atoms with Gasteiger partial charge in [0.25, 0.3) is 0 Å². The molecule has 0 saturated carbocycles. The molecule has 20 heavy (non-hydrogen) atoms. The zero-order valence-corrected chi connectivity index (χ0v) is 11.2. The van der Waals surface area contributed by atoms with Gasteiger partial charge in [0, 0.05) is 0 Å². The summed E-state index contributed by atoms with van der Waals surface area (Å²) >= 11 is 0. The van der Waals surface area contributed by atoms with Crippen molar-refractivity contribution in [2.24, 2.45) is 0 Å². The zero-order valence-electron chi connectivity index (χ0n) is 11.2. The van der Waals surface area contributed by atoms with Crippen molar-refractivity contribution in [1.29, 1.82) is 5.26 Å². The Hall–Kier alpha value is -2.41. The Balaban J connectivity index is 2.36. The summed E-state index contributed by atoms with van der Waals surface area (Å²) in [5.74, 6) is -1.63. The molecule has 4 heteroatoms. The molecule has 0 aliphatic heterocycles. The minimum absolute atomic E-state index is 0.0803. The number of ether oxygens (including phenoxy) is 1. The first-order valence-electron chi connectivity index (χ1n) is 6.18. The number of benzene rings is 2. The van der Waals surface area contributed by atoms with Gasteiger partial charge < -0.3 is 4.74 Å². The highest BCUT2D eigenvalue weighted by Gasteiger charge is 2.14. The van der Waals surface area contributed by atoms with Gasteiger partial charge in [0.1, 0.15) is 5.75 Å². The predicted molar refractivity (Wildman–Crippen MR) is 71.7 cm³/mol. The highest BCUT2D eigenvalue weighted by Crippen LogP contribution is 2.30. The first-order chi connectivity index (χ1) is 9.51. The normalized spacial score (nSPS) is 10.4. The van der Waals surface area contributed by atoms with Crippen molar-refractivity contribution in [2.45, 2.75) is 19.8 Å². The molecule has 0 unspecified atom stereocenters. The van der Waals surface area contributed by atoms with Crippen LogP contribution in [0.2, 0.25) is 0 Å². The molecule has 0 N–H and O–H groups in total. The van der Waals surface area contributed by atoms with Gasteiger partial charge in [-0.1, -0.05) is 26.0 Å². The van der Waals surface area contributed by atoms with Crippen LogP contribution in [0, 0.1) is 23.0 Å². The van der Waals surface area contributed by atoms with Crippen LogP contribution in [0.1, 0.15) is 30.9 Å². The Labute approximate surface area is 116 Å². The summed E-state index contributed by atoms with van der Waals surface area (Å²) in [4.78, 5) is 0. The lowest BCUT2D eigenvalue weighted by atomic mass is 10.0. The van der Waals surface area contributed by atoms with Crippen molar-refractivity contribution in [3.63, 3.8) is 0 Å². The van der Waals surface area contributed by atoms with Gasteiger partial charge in [-0.2, -0.15) is 5.26 Å². The summed E-state index contributed by atoms with van der Waals surface area (Å²) in [6.07, 6.45) is 0. The largest absolute Gasteiger partial charge is 0.451 e. The monoisotopic (exact) mass is 273 g/mol. The van der Waals surface area contributed by atoms with Crippen LogP contribution in [0.5, 0.6) is 11.5 Å². The molecule has 2 rings (SSSR count). The number of nitrogens with zero attached hydrogens (tertiary/aromatic N) is 1. The minimum Gasteiger partial charge on any atom is -0.451 e. The SMILES string of the molecule is CC(C)c1cccc(Oc2c(F)cc(C#N)cc2F)c1. The molecule has 0 saturated heterocycles. The van der Waals surface area contributed by atoms with Gasteiger partial charge in [-0.15, -0.1) is 0 Å². The Bertz CT molecular complexity index is 651. The molecule has 0 aliphatic rings. The Kier molecular flexibility index (Phi) is 3.99. The second kappa shape index (κ2) is 5.70. The fourth-order valence-electron chi connectivity index (χ4n) is 1.78. The number of nitriles is 1. The van der Waals surface area contributed by atoms with Gasteiger partial charge in [0.2, 0.25) is 0 Å². The summed E-state index contributed by atoms with van der Waals surface area (Å²) in [5.41, 5.74) is 0.931. The molecule has 0 atom stereocenters. The number of hydrogen-bond donors (Lipinski definition) is 0. The summed E-state index contributed by atoms with van der Waals surface area (Å²) in [5, 5.41) is 8.64. The van der Waals surface area contributed by atoms with E-state index >= 15 is 0 Å². The molecule has 2 nitrogen and oxygen atoms in total. The third kappa shape index (κ3) is 2.94. The Morgan fingerprint density at radius 1 is 1.10 bits per heavy atom. The Morgan fingerprint density at radius 3 is 2.30 bits per heavy atom. The first kappa shape index (κ1) is 14.0. The maximum Gasteiger partial charge on any atom is 0.198 e. The van der Waals surface area contributed by atoms with E-state index in [0.29, 0.717) is 5.75 Å². The van der Waals surface area contributed by atoms with Crippen LogP contribution in [0.25, 0.3) is 0 Å². The van der Waals surface area contributed by atoms with Crippen LogP contribution in [0.4, 0.5) is 8.78 Å². The molecule has 0 radical (unpaired) electrons. The molecule has 0 heterocycles. The van der Waals surface area contributed by atoms with E-state index in [1.54, 1.807) is 24.3 Å². The maximum atomic E-state index is 13.7. The van der Waals surface area contributed by atoms with E-state index in [4.69, 9.17) is 10.00 Å². The van der Waals surface area contributed by atoms with Crippen molar-refractivity contribution in [1.82, 2.24) is 0 Å². The molecular formula is C16H13F2NO. The third-order valence-electron chi connectivity index (χ3n) is 2.87. The molecule has 0 aliphatic carbocycles. The molecule has 0 aromatic heterocycles. The summed E-state index contributed by atoms with van der Waals surface area (Å²) in [7, 11) is 0. The van der Waals surface area contributed by atoms with Crippen LogP contribution >= 0.6 is 0 Å². The topological polar surface area (TPSA) is 33.0 Å². The van der Waals surface area contributed by atoms with Gasteiger partial charge in [-0.3, -0.25) is 0 Å². The molecule has 0 spiro atoms. The fraction of sp³-hybridized carbons (Fsp3) is 0.188. The third-order valence-corrected chi connectivity index (χ3v) is 2.87. The van der Waals surface area contributed by atoms with Crippen LogP contribution in [0.15, 0.2) is 36.4 Å². The average Bonchev–Trinajstić information content (AvgIpc) is 2.42. The van der Waals surface area contributed by atoms with Crippen molar-refractivity contribution in [3.05, 3.63) is 59.2 Å². The predicted octanol–water partition coefficient (Wildman–Crippen LogP) is 4.75. The first-order valence-corrected chi connectivity index (χ1v) is 6.18. The van der Waals surface area contributed by atoms with Crippen LogP contribution in [-0.2, 0) is 0 Å². The summed E-state index contributed by atoms with van der Waals surface area (Å²) < 4.78 is 32.7. The van der Waals surface area contributed by atoms with E-state index in [-0.39, 0.29) is 11.5 Å². The van der Waals surface area contributed by atoms with Gasteiger partial charge in [0.15, 0.2) is 17.4 Å². The molecule has 2 aromatic rings. The quantitative estimate of drug-likeness (QED) is 0.808. The smallest absolute Gasteiger partial charge is 0.198 e. The highest BCUT2D eigenvalue weighted by atomic mass is 19.1. The second-order valence-corrected chi connectivity index (χ2v) is 4.71. The van der Waals surface area contributed by atoms with Crippen molar-refractivity contribution >= 4 is 0 Å². The molecule has 0 amide bonds. The summed E-state index contributed by atoms with van der Waals surface area (Å²) in [6.45, 7) is 4.03. The van der Waals surface area contributed by atoms with E-state index < -0.39 is 17.4 Å². The maximum absolute atomic E-state index is 13.7. The van der Waals surface area contributed by atoms with Crippen LogP contribution in [-0.4, -0.2) is 0 Å². The van der Waals surface area contributed by atoms with Crippen LogP contribution < -0.4 is 4.74 Å². The van der Waals surface area contributed by atoms with Gasteiger partial charge in [-0.25, -0.2) is 8.78 Å². The minimum atomic E-state index is -0.892. The summed E-state index contributed by atoms with van der Waals surface area (Å²) in [6, 6.07) is 10.6. The van der Waals surface area contributed by atoms with Crippen molar-refractivity contribution in [3.8, 4) is 17.6 Å². The van der Waals surface area contributed by atoms with E-state index in [1.165, 1.54) is 0 Å². The van der Waals surface area contributed by atoms with Crippen molar-refractivity contribution < 1.29 is 13.5 Å². The van der Waals surface area contributed by atoms with Gasteiger partial charge >= 0.3 is 0 Å². The van der Waals surface area contributed by atoms with Crippen LogP contribution in [0.3, 0.4) is 0 Å². The molecule has 2 aromatic carbocycles. The van der Waals surface area contributed by atoms with Crippen molar-refractivity contribution in [2.75, 3.05) is 0 Å². The average molecular weight is 273 g/mol. The van der Waals surface area contributed by atoms with E-state index in [0.717, 1.165) is 17.7 Å². The van der Waals surface area contributed by atoms with Gasteiger partial charge in [-0.05, 0) is 35.7 Å². The van der Waals surface area contributed by atoms with E-state index in [9.17, 15) is 8.78 Å². The molecule has 102 valence electrons. The highest BCUT2D eigenvalue weighted by molar-refractivity contribution is 5.41. The standard InChI is InChI=1S/C16H13F2NO/c1-10(2)12-4-3-5-13(8-12)20-16-14(17)6-11(9-19)7-15(16)18/h3-8,10H,1-2H3. The number of halogens is 2. The van der Waals surface area contributed by atoms with E-state index in [1.807, 2.05) is 19.9 Å². The van der Waals surface area contributed by atoms with Gasteiger partial charge in [0.05, 0.1) is 11.6 Å². The molecular weight excluding hydrogens is 260 g/mol. The molecule has 0 bridgehead atoms. The number of rotatable bonds is 3.